The number of nitro groups is 1. The fourth-order valence-corrected chi connectivity index (χ4v) is 4.41. The lowest BCUT2D eigenvalue weighted by atomic mass is 10.2. The predicted octanol–water partition coefficient (Wildman–Crippen LogP) is 5.87. The summed E-state index contributed by atoms with van der Waals surface area (Å²) in [6.07, 6.45) is 1.54. The molecule has 39 heavy (non-hydrogen) atoms. The van der Waals surface area contributed by atoms with Crippen molar-refractivity contribution in [1.82, 2.24) is 0 Å². The number of carbonyl (C=O) groups excluding carboxylic acids is 1. The third kappa shape index (κ3) is 6.71. The number of rotatable bonds is 7. The Morgan fingerprint density at radius 2 is 1.64 bits per heavy atom. The maximum atomic E-state index is 14.0. The number of amides is 1. The Balaban J connectivity index is 1.37. The van der Waals surface area contributed by atoms with Gasteiger partial charge in [0, 0.05) is 17.4 Å². The third-order valence-corrected chi connectivity index (χ3v) is 6.86. The first kappa shape index (κ1) is 27.6. The minimum Gasteiger partial charge on any atom is -0.454 e. The van der Waals surface area contributed by atoms with Crippen molar-refractivity contribution in [3.8, 4) is 11.5 Å². The molecule has 0 saturated carbocycles. The fourth-order valence-electron chi connectivity index (χ4n) is 3.02. The molecule has 202 valence electrons. The Labute approximate surface area is 221 Å². The molecule has 3 aromatic carbocycles. The second-order valence-electron chi connectivity index (χ2n) is 7.63. The number of hydrogen-bond donors (Lipinski definition) is 2. The van der Waals surface area contributed by atoms with Gasteiger partial charge in [-0.05, 0) is 65.9 Å². The van der Waals surface area contributed by atoms with Gasteiger partial charge in [0.15, 0.2) is 16.7 Å². The van der Waals surface area contributed by atoms with Crippen molar-refractivity contribution in [2.45, 2.75) is 5.51 Å². The van der Waals surface area contributed by atoms with E-state index >= 15 is 0 Å². The van der Waals surface area contributed by atoms with Gasteiger partial charge in [-0.2, -0.15) is 26.6 Å². The lowest BCUT2D eigenvalue weighted by molar-refractivity contribution is -0.385. The summed E-state index contributed by atoms with van der Waals surface area (Å²) in [5, 5.41) is 13.7. The van der Waals surface area contributed by atoms with Gasteiger partial charge >= 0.3 is 15.5 Å². The van der Waals surface area contributed by atoms with E-state index in [4.69, 9.17) is 4.74 Å². The number of sulfonamides is 1. The molecule has 0 atom stereocenters. The van der Waals surface area contributed by atoms with Gasteiger partial charge in [-0.25, -0.2) is 4.39 Å². The van der Waals surface area contributed by atoms with E-state index < -0.39 is 37.9 Å². The van der Waals surface area contributed by atoms with Crippen molar-refractivity contribution in [2.24, 2.45) is 4.99 Å². The number of non-ortho nitro benzene ring substituents is 1. The largest absolute Gasteiger partial charge is 0.516 e. The van der Waals surface area contributed by atoms with Gasteiger partial charge in [-0.15, -0.1) is 0 Å². The number of alkyl halides is 3. The van der Waals surface area contributed by atoms with Crippen LogP contribution in [-0.2, 0) is 14.8 Å². The third-order valence-electron chi connectivity index (χ3n) is 4.85. The van der Waals surface area contributed by atoms with Crippen molar-refractivity contribution >= 4 is 56.0 Å². The summed E-state index contributed by atoms with van der Waals surface area (Å²) < 4.78 is 80.7. The number of hydrogen-bond acceptors (Lipinski definition) is 8. The van der Waals surface area contributed by atoms with Crippen LogP contribution >= 0.6 is 11.8 Å². The summed E-state index contributed by atoms with van der Waals surface area (Å²) in [5.74, 6) is -1.42. The maximum Gasteiger partial charge on any atom is 0.516 e. The maximum absolute atomic E-state index is 14.0. The number of anilines is 2. The Hall–Kier alpha value is -4.44. The number of amidine groups is 1. The molecule has 1 aliphatic heterocycles. The summed E-state index contributed by atoms with van der Waals surface area (Å²) in [5.41, 5.74) is -5.26. The van der Waals surface area contributed by atoms with E-state index in [1.807, 2.05) is 0 Å². The van der Waals surface area contributed by atoms with Gasteiger partial charge in [-0.3, -0.25) is 19.6 Å². The molecule has 3 aromatic rings. The van der Waals surface area contributed by atoms with E-state index in [2.05, 4.69) is 10.3 Å². The zero-order valence-corrected chi connectivity index (χ0v) is 20.7. The number of nitro benzene ring substituents is 1. The number of aliphatic imine (C=N–C) groups is 1. The Morgan fingerprint density at radius 1 is 1.00 bits per heavy atom. The molecule has 2 N–H and O–H groups in total. The average molecular weight is 583 g/mol. The zero-order valence-electron chi connectivity index (χ0n) is 19.1. The molecule has 4 rings (SSSR count). The normalized spacial score (nSPS) is 14.7. The highest BCUT2D eigenvalue weighted by atomic mass is 32.2. The summed E-state index contributed by atoms with van der Waals surface area (Å²) in [7, 11) is -5.55. The van der Waals surface area contributed by atoms with Gasteiger partial charge < -0.3 is 10.1 Å². The number of halogens is 4. The highest BCUT2D eigenvalue weighted by Crippen LogP contribution is 2.32. The molecule has 1 aliphatic rings. The van der Waals surface area contributed by atoms with Crippen molar-refractivity contribution in [3.05, 3.63) is 93.1 Å². The van der Waals surface area contributed by atoms with Crippen LogP contribution in [-0.4, -0.2) is 29.9 Å². The summed E-state index contributed by atoms with van der Waals surface area (Å²) >= 11 is 0.993. The molecule has 0 aromatic heterocycles. The molecule has 0 bridgehead atoms. The number of benzene rings is 3. The number of ether oxygens (including phenoxy) is 1. The molecule has 0 radical (unpaired) electrons. The number of carbonyl (C=O) groups is 1. The van der Waals surface area contributed by atoms with E-state index in [9.17, 15) is 40.9 Å². The Kier molecular flexibility index (Phi) is 7.60. The lowest BCUT2D eigenvalue weighted by Crippen LogP contribution is -2.29. The van der Waals surface area contributed by atoms with Gasteiger partial charge in [0.1, 0.15) is 5.75 Å². The van der Waals surface area contributed by atoms with Crippen LogP contribution in [0.25, 0.3) is 6.08 Å². The van der Waals surface area contributed by atoms with Crippen LogP contribution in [0.2, 0.25) is 0 Å². The SMILES string of the molecule is O=C1N=C(Nc2ccc(NS(=O)(=O)C(F)(F)F)cc2)SC1=Cc1ccc(Oc2ccc([N+](=O)[O-])cc2F)cc1. The molecular formula is C23H14F4N4O6S2. The van der Waals surface area contributed by atoms with Crippen LogP contribution < -0.4 is 14.8 Å². The molecule has 16 heteroatoms. The molecule has 0 unspecified atom stereocenters. The van der Waals surface area contributed by atoms with Crippen LogP contribution in [0.3, 0.4) is 0 Å². The molecule has 1 amide bonds. The predicted molar refractivity (Wildman–Crippen MR) is 136 cm³/mol. The van der Waals surface area contributed by atoms with Crippen LogP contribution in [0.4, 0.5) is 34.6 Å². The minimum atomic E-state index is -5.55. The fraction of sp³-hybridized carbons (Fsp3) is 0.0435. The number of nitrogens with zero attached hydrogens (tertiary/aromatic N) is 2. The molecule has 0 saturated heterocycles. The summed E-state index contributed by atoms with van der Waals surface area (Å²) in [6, 6.07) is 14.0. The summed E-state index contributed by atoms with van der Waals surface area (Å²) in [4.78, 5) is 26.4. The second-order valence-corrected chi connectivity index (χ2v) is 10.3. The van der Waals surface area contributed by atoms with E-state index in [0.29, 0.717) is 11.3 Å². The first-order chi connectivity index (χ1) is 18.3. The van der Waals surface area contributed by atoms with Gasteiger partial charge in [0.05, 0.1) is 15.9 Å². The molecule has 0 aliphatic carbocycles. The second kappa shape index (κ2) is 10.7. The summed E-state index contributed by atoms with van der Waals surface area (Å²) in [6.45, 7) is 0. The van der Waals surface area contributed by atoms with E-state index in [0.717, 1.165) is 42.1 Å². The smallest absolute Gasteiger partial charge is 0.454 e. The topological polar surface area (TPSA) is 140 Å². The van der Waals surface area contributed by atoms with Crippen molar-refractivity contribution in [2.75, 3.05) is 10.0 Å². The monoisotopic (exact) mass is 582 g/mol. The highest BCUT2D eigenvalue weighted by Gasteiger charge is 2.46. The molecule has 1 heterocycles. The first-order valence-electron chi connectivity index (χ1n) is 10.5. The Morgan fingerprint density at radius 3 is 2.23 bits per heavy atom. The van der Waals surface area contributed by atoms with Gasteiger partial charge in [-0.1, -0.05) is 12.1 Å². The Bertz CT molecular complexity index is 1610. The number of nitrogens with one attached hydrogen (secondary N) is 2. The highest BCUT2D eigenvalue weighted by molar-refractivity contribution is 8.18. The molecule has 0 spiro atoms. The molecule has 10 nitrogen and oxygen atoms in total. The van der Waals surface area contributed by atoms with Crippen molar-refractivity contribution < 1.29 is 40.4 Å². The van der Waals surface area contributed by atoms with Crippen LogP contribution in [0.1, 0.15) is 5.56 Å². The average Bonchev–Trinajstić information content (AvgIpc) is 3.20. The van der Waals surface area contributed by atoms with Crippen LogP contribution in [0, 0.1) is 15.9 Å². The van der Waals surface area contributed by atoms with Crippen molar-refractivity contribution in [3.63, 3.8) is 0 Å². The number of thioether (sulfide) groups is 1. The molecular weight excluding hydrogens is 568 g/mol. The van der Waals surface area contributed by atoms with E-state index in [1.54, 1.807) is 12.1 Å². The van der Waals surface area contributed by atoms with E-state index in [1.165, 1.54) is 35.1 Å². The quantitative estimate of drug-likeness (QED) is 0.153. The van der Waals surface area contributed by atoms with Crippen LogP contribution in [0.15, 0.2) is 76.6 Å². The first-order valence-corrected chi connectivity index (χ1v) is 12.8. The van der Waals surface area contributed by atoms with Gasteiger partial charge in [0.25, 0.3) is 11.6 Å². The molecule has 0 fully saturated rings. The lowest BCUT2D eigenvalue weighted by Gasteiger charge is -2.11. The van der Waals surface area contributed by atoms with Crippen molar-refractivity contribution in [1.29, 1.82) is 0 Å². The van der Waals surface area contributed by atoms with Crippen LogP contribution in [0.5, 0.6) is 11.5 Å². The minimum absolute atomic E-state index is 0.184. The van der Waals surface area contributed by atoms with Gasteiger partial charge in [0.2, 0.25) is 0 Å². The van der Waals surface area contributed by atoms with E-state index in [-0.39, 0.29) is 27.3 Å². The standard InChI is InChI=1S/C23H14F4N4O6S2/c24-18-12-16(31(33)34)7-10-19(18)37-17-8-1-13(2-9-17)11-20-21(32)29-22(38-20)28-14-3-5-15(6-4-14)30-39(35,36)23(25,26)27/h1-12,30H,(H,28,29,32). The zero-order chi connectivity index (χ0) is 28.4.